The molecular formula is C20H33N3O3. The van der Waals surface area contributed by atoms with Crippen LogP contribution < -0.4 is 15.4 Å². The van der Waals surface area contributed by atoms with Gasteiger partial charge in [-0.1, -0.05) is 25.5 Å². The number of rotatable bonds is 10. The first-order chi connectivity index (χ1) is 12.7. The third-order valence-electron chi connectivity index (χ3n) is 4.26. The second-order valence-corrected chi connectivity index (χ2v) is 6.53. The second-order valence-electron chi connectivity index (χ2n) is 6.53. The van der Waals surface area contributed by atoms with Gasteiger partial charge in [0.25, 0.3) is 0 Å². The van der Waals surface area contributed by atoms with Crippen LogP contribution >= 0.6 is 0 Å². The smallest absolute Gasteiger partial charge is 0.191 e. The summed E-state index contributed by atoms with van der Waals surface area (Å²) in [6.07, 6.45) is 3.36. The first kappa shape index (κ1) is 20.5. The summed E-state index contributed by atoms with van der Waals surface area (Å²) in [7, 11) is 1.77. The standard InChI is InChI=1S/C20H33N3O3/c1-4-5-10-24-12-9-22-20(21-3)23-14-17-7-6-16(2)13-19(17)26-18-8-11-25-15-18/h6-7,13,18H,4-5,8-12,14-15H2,1-3H3,(H2,21,22,23). The van der Waals surface area contributed by atoms with Crippen LogP contribution in [0.15, 0.2) is 23.2 Å². The van der Waals surface area contributed by atoms with Crippen LogP contribution in [0.2, 0.25) is 0 Å². The van der Waals surface area contributed by atoms with Crippen molar-refractivity contribution < 1.29 is 14.2 Å². The van der Waals surface area contributed by atoms with Crippen molar-refractivity contribution in [2.24, 2.45) is 4.99 Å². The maximum Gasteiger partial charge on any atom is 0.191 e. The lowest BCUT2D eigenvalue weighted by Crippen LogP contribution is -2.38. The fourth-order valence-corrected chi connectivity index (χ4v) is 2.69. The summed E-state index contributed by atoms with van der Waals surface area (Å²) in [5.74, 6) is 1.69. The molecule has 0 radical (unpaired) electrons. The first-order valence-corrected chi connectivity index (χ1v) is 9.59. The molecule has 1 aliphatic rings. The second kappa shape index (κ2) is 11.8. The molecule has 1 aliphatic heterocycles. The summed E-state index contributed by atoms with van der Waals surface area (Å²) in [5, 5.41) is 6.62. The summed E-state index contributed by atoms with van der Waals surface area (Å²) in [6, 6.07) is 6.30. The van der Waals surface area contributed by atoms with Crippen LogP contribution in [-0.2, 0) is 16.0 Å². The number of aliphatic imine (C=N–C) groups is 1. The average Bonchev–Trinajstić information content (AvgIpc) is 3.15. The molecule has 26 heavy (non-hydrogen) atoms. The Labute approximate surface area is 157 Å². The van der Waals surface area contributed by atoms with Crippen molar-refractivity contribution in [2.45, 2.75) is 45.8 Å². The fourth-order valence-electron chi connectivity index (χ4n) is 2.69. The summed E-state index contributed by atoms with van der Waals surface area (Å²) in [4.78, 5) is 4.27. The largest absolute Gasteiger partial charge is 0.488 e. The molecule has 0 amide bonds. The van der Waals surface area contributed by atoms with Crippen LogP contribution in [-0.4, -0.2) is 52.1 Å². The molecule has 1 aromatic carbocycles. The van der Waals surface area contributed by atoms with Crippen molar-refractivity contribution in [1.29, 1.82) is 0 Å². The van der Waals surface area contributed by atoms with E-state index in [0.29, 0.717) is 19.8 Å². The summed E-state index contributed by atoms with van der Waals surface area (Å²) >= 11 is 0. The van der Waals surface area contributed by atoms with Crippen molar-refractivity contribution in [1.82, 2.24) is 10.6 Å². The lowest BCUT2D eigenvalue weighted by molar-refractivity contribution is 0.136. The van der Waals surface area contributed by atoms with Crippen LogP contribution in [0, 0.1) is 6.92 Å². The first-order valence-electron chi connectivity index (χ1n) is 9.59. The summed E-state index contributed by atoms with van der Waals surface area (Å²) < 4.78 is 17.1. The molecule has 2 rings (SSSR count). The number of hydrogen-bond donors (Lipinski definition) is 2. The molecule has 1 heterocycles. The van der Waals surface area contributed by atoms with Crippen molar-refractivity contribution in [3.05, 3.63) is 29.3 Å². The van der Waals surface area contributed by atoms with Crippen LogP contribution in [0.3, 0.4) is 0 Å². The molecule has 0 bridgehead atoms. The van der Waals surface area contributed by atoms with E-state index in [4.69, 9.17) is 14.2 Å². The van der Waals surface area contributed by atoms with Gasteiger partial charge in [-0.2, -0.15) is 0 Å². The van der Waals surface area contributed by atoms with Crippen LogP contribution in [0.1, 0.15) is 37.3 Å². The Kier molecular flexibility index (Phi) is 9.28. The zero-order chi connectivity index (χ0) is 18.6. The molecule has 6 heteroatoms. The van der Waals surface area contributed by atoms with E-state index < -0.39 is 0 Å². The minimum absolute atomic E-state index is 0.147. The number of aryl methyl sites for hydroxylation is 1. The topological polar surface area (TPSA) is 64.1 Å². The fraction of sp³-hybridized carbons (Fsp3) is 0.650. The van der Waals surface area contributed by atoms with Gasteiger partial charge in [0.1, 0.15) is 11.9 Å². The van der Waals surface area contributed by atoms with Gasteiger partial charge in [0.2, 0.25) is 0 Å². The molecular weight excluding hydrogens is 330 g/mol. The van der Waals surface area contributed by atoms with E-state index in [2.05, 4.69) is 47.7 Å². The van der Waals surface area contributed by atoms with Crippen molar-refractivity contribution in [3.63, 3.8) is 0 Å². The Bertz CT molecular complexity index is 557. The zero-order valence-electron chi connectivity index (χ0n) is 16.3. The van der Waals surface area contributed by atoms with Crippen LogP contribution in [0.25, 0.3) is 0 Å². The molecule has 146 valence electrons. The van der Waals surface area contributed by atoms with E-state index in [1.807, 2.05) is 0 Å². The van der Waals surface area contributed by atoms with E-state index in [0.717, 1.165) is 56.3 Å². The summed E-state index contributed by atoms with van der Waals surface area (Å²) in [5.41, 5.74) is 2.30. The van der Waals surface area contributed by atoms with E-state index in [-0.39, 0.29) is 6.10 Å². The third kappa shape index (κ3) is 7.22. The summed E-state index contributed by atoms with van der Waals surface area (Å²) in [6.45, 7) is 8.58. The van der Waals surface area contributed by atoms with E-state index in [1.165, 1.54) is 5.56 Å². The number of hydrogen-bond acceptors (Lipinski definition) is 4. The van der Waals surface area contributed by atoms with Gasteiger partial charge in [-0.3, -0.25) is 4.99 Å². The highest BCUT2D eigenvalue weighted by atomic mass is 16.5. The highest BCUT2D eigenvalue weighted by molar-refractivity contribution is 5.79. The third-order valence-corrected chi connectivity index (χ3v) is 4.26. The van der Waals surface area contributed by atoms with Gasteiger partial charge in [-0.25, -0.2) is 0 Å². The number of guanidine groups is 1. The molecule has 1 unspecified atom stereocenters. The molecule has 1 aromatic rings. The molecule has 1 atom stereocenters. The predicted octanol–water partition coefficient (Wildman–Crippen LogP) is 2.64. The van der Waals surface area contributed by atoms with E-state index in [1.54, 1.807) is 7.05 Å². The number of benzene rings is 1. The van der Waals surface area contributed by atoms with Crippen LogP contribution in [0.4, 0.5) is 0 Å². The van der Waals surface area contributed by atoms with Gasteiger partial charge in [-0.05, 0) is 25.0 Å². The average molecular weight is 364 g/mol. The quantitative estimate of drug-likeness (QED) is 0.380. The highest BCUT2D eigenvalue weighted by Crippen LogP contribution is 2.23. The molecule has 0 spiro atoms. The van der Waals surface area contributed by atoms with Gasteiger partial charge in [0, 0.05) is 38.7 Å². The lowest BCUT2D eigenvalue weighted by atomic mass is 10.1. The van der Waals surface area contributed by atoms with Gasteiger partial charge in [-0.15, -0.1) is 0 Å². The Morgan fingerprint density at radius 2 is 2.19 bits per heavy atom. The highest BCUT2D eigenvalue weighted by Gasteiger charge is 2.18. The Hall–Kier alpha value is -1.79. The number of ether oxygens (including phenoxy) is 3. The molecule has 1 saturated heterocycles. The predicted molar refractivity (Wildman–Crippen MR) is 105 cm³/mol. The Morgan fingerprint density at radius 1 is 1.31 bits per heavy atom. The van der Waals surface area contributed by atoms with Gasteiger partial charge in [0.15, 0.2) is 5.96 Å². The zero-order valence-corrected chi connectivity index (χ0v) is 16.3. The molecule has 1 fully saturated rings. The Morgan fingerprint density at radius 3 is 2.92 bits per heavy atom. The van der Waals surface area contributed by atoms with E-state index in [9.17, 15) is 0 Å². The molecule has 0 aromatic heterocycles. The normalized spacial score (nSPS) is 17.3. The monoisotopic (exact) mass is 363 g/mol. The van der Waals surface area contributed by atoms with Crippen molar-refractivity contribution in [3.8, 4) is 5.75 Å². The van der Waals surface area contributed by atoms with Gasteiger partial charge < -0.3 is 24.8 Å². The maximum atomic E-state index is 6.14. The minimum atomic E-state index is 0.147. The SMILES string of the molecule is CCCCOCCNC(=NC)NCc1ccc(C)cc1OC1CCOC1. The molecule has 2 N–H and O–H groups in total. The molecule has 6 nitrogen and oxygen atoms in total. The molecule has 0 aliphatic carbocycles. The molecule has 0 saturated carbocycles. The maximum absolute atomic E-state index is 6.14. The number of unbranched alkanes of at least 4 members (excludes halogenated alkanes) is 1. The van der Waals surface area contributed by atoms with Crippen molar-refractivity contribution >= 4 is 5.96 Å². The van der Waals surface area contributed by atoms with Crippen molar-refractivity contribution in [2.75, 3.05) is 40.0 Å². The van der Waals surface area contributed by atoms with Gasteiger partial charge >= 0.3 is 0 Å². The minimum Gasteiger partial charge on any atom is -0.488 e. The van der Waals surface area contributed by atoms with Gasteiger partial charge in [0.05, 0.1) is 19.8 Å². The number of nitrogens with zero attached hydrogens (tertiary/aromatic N) is 1. The van der Waals surface area contributed by atoms with Crippen LogP contribution in [0.5, 0.6) is 5.75 Å². The lowest BCUT2D eigenvalue weighted by Gasteiger charge is -2.18. The van der Waals surface area contributed by atoms with E-state index >= 15 is 0 Å². The Balaban J connectivity index is 1.81. The number of nitrogens with one attached hydrogen (secondary N) is 2.